The summed E-state index contributed by atoms with van der Waals surface area (Å²) in [6.45, 7) is 0. The number of rotatable bonds is 4. The van der Waals surface area contributed by atoms with Crippen molar-refractivity contribution in [1.29, 1.82) is 0 Å². The van der Waals surface area contributed by atoms with Crippen LogP contribution in [0.1, 0.15) is 22.3 Å². The van der Waals surface area contributed by atoms with Crippen molar-refractivity contribution in [3.63, 3.8) is 0 Å². The summed E-state index contributed by atoms with van der Waals surface area (Å²) in [6.07, 6.45) is 0. The second kappa shape index (κ2) is 11.6. The van der Waals surface area contributed by atoms with Gasteiger partial charge in [-0.25, -0.2) is 0 Å². The zero-order valence-electron chi connectivity index (χ0n) is 28.9. The van der Waals surface area contributed by atoms with Crippen molar-refractivity contribution in [1.82, 2.24) is 0 Å². The van der Waals surface area contributed by atoms with E-state index in [9.17, 15) is 0 Å². The molecule has 248 valence electrons. The van der Waals surface area contributed by atoms with Gasteiger partial charge in [0.15, 0.2) is 0 Å². The van der Waals surface area contributed by atoms with Crippen LogP contribution in [-0.2, 0) is 5.41 Å². The predicted octanol–water partition coefficient (Wildman–Crippen LogP) is 13.6. The quantitative estimate of drug-likeness (QED) is 0.184. The largest absolute Gasteiger partial charge is 0.457 e. The lowest BCUT2D eigenvalue weighted by Gasteiger charge is -2.45. The third kappa shape index (κ3) is 4.27. The predicted molar refractivity (Wildman–Crippen MR) is 219 cm³/mol. The number of anilines is 3. The number of benzene rings is 9. The lowest BCUT2D eigenvalue weighted by Crippen LogP contribution is -2.36. The number of ether oxygens (including phenoxy) is 1. The smallest absolute Gasteiger partial charge is 0.132 e. The molecule has 0 saturated heterocycles. The molecule has 0 amide bonds. The molecule has 9 aromatic carbocycles. The van der Waals surface area contributed by atoms with E-state index >= 15 is 0 Å². The van der Waals surface area contributed by atoms with Crippen molar-refractivity contribution in [3.8, 4) is 33.8 Å². The minimum absolute atomic E-state index is 0.631. The lowest BCUT2D eigenvalue weighted by atomic mass is 9.58. The number of para-hydroxylation sites is 2. The molecule has 0 bridgehead atoms. The second-order valence-corrected chi connectivity index (χ2v) is 14.0. The maximum Gasteiger partial charge on any atom is 0.132 e. The first kappa shape index (κ1) is 29.8. The van der Waals surface area contributed by atoms with E-state index in [1.165, 1.54) is 54.9 Å². The van der Waals surface area contributed by atoms with Gasteiger partial charge in [0, 0.05) is 33.5 Å². The molecule has 0 radical (unpaired) electrons. The Morgan fingerprint density at radius 1 is 0.377 bits per heavy atom. The summed E-state index contributed by atoms with van der Waals surface area (Å²) in [4.78, 5) is 2.45. The van der Waals surface area contributed by atoms with E-state index in [0.717, 1.165) is 39.7 Å². The van der Waals surface area contributed by atoms with Crippen LogP contribution in [0.2, 0.25) is 0 Å². The molecule has 0 N–H and O–H groups in total. The maximum atomic E-state index is 6.89. The van der Waals surface area contributed by atoms with E-state index in [0.29, 0.717) is 0 Å². The van der Waals surface area contributed by atoms with Crippen molar-refractivity contribution in [2.75, 3.05) is 4.90 Å². The van der Waals surface area contributed by atoms with Crippen molar-refractivity contribution >= 4 is 38.6 Å². The average Bonchev–Trinajstić information content (AvgIpc) is 3.23. The lowest BCUT2D eigenvalue weighted by molar-refractivity contribution is 0.435. The van der Waals surface area contributed by atoms with Crippen LogP contribution >= 0.6 is 0 Å². The van der Waals surface area contributed by atoms with Gasteiger partial charge in [-0.2, -0.15) is 0 Å². The Morgan fingerprint density at radius 3 is 1.89 bits per heavy atom. The fourth-order valence-electron chi connectivity index (χ4n) is 9.15. The third-order valence-corrected chi connectivity index (χ3v) is 11.3. The van der Waals surface area contributed by atoms with E-state index in [2.05, 4.69) is 205 Å². The molecule has 0 saturated carbocycles. The van der Waals surface area contributed by atoms with E-state index < -0.39 is 5.41 Å². The monoisotopic (exact) mass is 675 g/mol. The summed E-state index contributed by atoms with van der Waals surface area (Å²) in [6, 6.07) is 72.7. The summed E-state index contributed by atoms with van der Waals surface area (Å²) in [5, 5.41) is 4.92. The minimum Gasteiger partial charge on any atom is -0.457 e. The normalized spacial score (nSPS) is 15.0. The van der Waals surface area contributed by atoms with E-state index in [-0.39, 0.29) is 0 Å². The molecule has 9 aromatic rings. The summed E-state index contributed by atoms with van der Waals surface area (Å²) in [7, 11) is 0. The Hall–Kier alpha value is -6.90. The maximum absolute atomic E-state index is 6.89. The number of nitrogens with zero attached hydrogens (tertiary/aromatic N) is 1. The highest BCUT2D eigenvalue weighted by Gasteiger charge is 2.49. The van der Waals surface area contributed by atoms with Crippen LogP contribution < -0.4 is 9.64 Å². The van der Waals surface area contributed by atoms with Gasteiger partial charge in [-0.1, -0.05) is 164 Å². The molecule has 2 heteroatoms. The molecule has 1 unspecified atom stereocenters. The van der Waals surface area contributed by atoms with Gasteiger partial charge in [-0.3, -0.25) is 0 Å². The average molecular weight is 676 g/mol. The van der Waals surface area contributed by atoms with Crippen LogP contribution in [0.5, 0.6) is 11.5 Å². The molecule has 0 aromatic heterocycles. The first-order chi connectivity index (χ1) is 26.3. The summed E-state index contributed by atoms with van der Waals surface area (Å²) < 4.78 is 6.89. The van der Waals surface area contributed by atoms with Gasteiger partial charge >= 0.3 is 0 Å². The molecule has 1 aliphatic heterocycles. The number of hydrogen-bond donors (Lipinski definition) is 0. The molecule has 2 aliphatic rings. The SMILES string of the molecule is c1ccc(-c2ccc3ccccc3c2N(c2ccccc2)c2ccc3c(c2)C2(c4ccccc4O3)c3ccccc3-c3cccc4cccc2c34)cc1. The molecule has 0 fully saturated rings. The molecule has 53 heavy (non-hydrogen) atoms. The molecule has 1 atom stereocenters. The van der Waals surface area contributed by atoms with Crippen LogP contribution in [-0.4, -0.2) is 0 Å². The van der Waals surface area contributed by atoms with Gasteiger partial charge in [-0.05, 0) is 80.4 Å². The molecule has 1 spiro atoms. The van der Waals surface area contributed by atoms with Crippen LogP contribution in [0.4, 0.5) is 17.1 Å². The zero-order chi connectivity index (χ0) is 34.9. The zero-order valence-corrected chi connectivity index (χ0v) is 28.9. The molecular weight excluding hydrogens is 643 g/mol. The highest BCUT2D eigenvalue weighted by atomic mass is 16.5. The van der Waals surface area contributed by atoms with Gasteiger partial charge < -0.3 is 9.64 Å². The fourth-order valence-corrected chi connectivity index (χ4v) is 9.15. The van der Waals surface area contributed by atoms with Crippen molar-refractivity contribution in [3.05, 3.63) is 222 Å². The first-order valence-electron chi connectivity index (χ1n) is 18.3. The number of fused-ring (bicyclic) bond motifs is 9. The van der Waals surface area contributed by atoms with Gasteiger partial charge in [0.05, 0.1) is 11.1 Å². The summed E-state index contributed by atoms with van der Waals surface area (Å²) in [5.41, 5.74) is 12.4. The molecule has 1 aliphatic carbocycles. The van der Waals surface area contributed by atoms with Crippen LogP contribution in [0.15, 0.2) is 200 Å². The Bertz CT molecular complexity index is 2870. The Kier molecular flexibility index (Phi) is 6.50. The Balaban J connectivity index is 1.27. The highest BCUT2D eigenvalue weighted by molar-refractivity contribution is 6.07. The summed E-state index contributed by atoms with van der Waals surface area (Å²) in [5.74, 6) is 1.76. The van der Waals surface area contributed by atoms with Gasteiger partial charge in [-0.15, -0.1) is 0 Å². The van der Waals surface area contributed by atoms with Crippen LogP contribution in [0, 0.1) is 0 Å². The molecule has 1 heterocycles. The van der Waals surface area contributed by atoms with Gasteiger partial charge in [0.25, 0.3) is 0 Å². The highest BCUT2D eigenvalue weighted by Crippen LogP contribution is 2.62. The minimum atomic E-state index is -0.631. The topological polar surface area (TPSA) is 12.5 Å². The van der Waals surface area contributed by atoms with Crippen molar-refractivity contribution in [2.24, 2.45) is 0 Å². The molecule has 11 rings (SSSR count). The van der Waals surface area contributed by atoms with E-state index in [4.69, 9.17) is 4.74 Å². The molecule has 2 nitrogen and oxygen atoms in total. The van der Waals surface area contributed by atoms with E-state index in [1.807, 2.05) is 0 Å². The second-order valence-electron chi connectivity index (χ2n) is 14.0. The fraction of sp³-hybridized carbons (Fsp3) is 0.0196. The van der Waals surface area contributed by atoms with Crippen molar-refractivity contribution < 1.29 is 4.74 Å². The van der Waals surface area contributed by atoms with Gasteiger partial charge in [0.2, 0.25) is 0 Å². The third-order valence-electron chi connectivity index (χ3n) is 11.3. The van der Waals surface area contributed by atoms with Crippen molar-refractivity contribution in [2.45, 2.75) is 5.41 Å². The first-order valence-corrected chi connectivity index (χ1v) is 18.3. The Morgan fingerprint density at radius 2 is 1.02 bits per heavy atom. The van der Waals surface area contributed by atoms with E-state index in [1.54, 1.807) is 0 Å². The number of hydrogen-bond acceptors (Lipinski definition) is 2. The van der Waals surface area contributed by atoms with Gasteiger partial charge in [0.1, 0.15) is 11.5 Å². The summed E-state index contributed by atoms with van der Waals surface area (Å²) >= 11 is 0. The van der Waals surface area contributed by atoms with Crippen LogP contribution in [0.25, 0.3) is 43.8 Å². The Labute approximate surface area is 308 Å². The van der Waals surface area contributed by atoms with Crippen LogP contribution in [0.3, 0.4) is 0 Å². The standard InChI is InChI=1S/C51H33NO/c1-3-15-34(16-4-1)40-31-29-35-17-7-8-22-39(35)50(40)52(37-20-5-2-6-21-37)38-30-32-48-46(33-38)51(44-26-11-12-28-47(44)53-48)43-25-10-9-23-41(43)42-24-13-18-36-19-14-27-45(51)49(36)42/h1-33H. The molecular formula is C51H33NO.